The number of carbonyl (C=O) groups is 1. The van der Waals surface area contributed by atoms with Gasteiger partial charge in [-0.15, -0.1) is 0 Å². The molecule has 0 radical (unpaired) electrons. The topological polar surface area (TPSA) is 66.5 Å². The molecule has 37 heavy (non-hydrogen) atoms. The summed E-state index contributed by atoms with van der Waals surface area (Å²) in [6.45, 7) is 4.95. The van der Waals surface area contributed by atoms with Crippen LogP contribution in [0.25, 0.3) is 11.1 Å². The van der Waals surface area contributed by atoms with Crippen LogP contribution in [0.2, 0.25) is 0 Å². The molecule has 0 saturated heterocycles. The fourth-order valence-electron chi connectivity index (χ4n) is 5.21. The molecular formula is C31H38N2O3S. The maximum Gasteiger partial charge on any atom is 0.251 e. The van der Waals surface area contributed by atoms with E-state index < -0.39 is 9.84 Å². The Balaban J connectivity index is 1.23. The average molecular weight is 519 g/mol. The Morgan fingerprint density at radius 3 is 2.35 bits per heavy atom. The summed E-state index contributed by atoms with van der Waals surface area (Å²) < 4.78 is 23.8. The van der Waals surface area contributed by atoms with Crippen LogP contribution in [0.4, 0.5) is 0 Å². The third-order valence-corrected chi connectivity index (χ3v) is 8.36. The Kier molecular flexibility index (Phi) is 9.17. The predicted octanol–water partition coefficient (Wildman–Crippen LogP) is 5.54. The van der Waals surface area contributed by atoms with Gasteiger partial charge in [-0.2, -0.15) is 0 Å². The molecule has 3 aromatic rings. The molecular weight excluding hydrogens is 480 g/mol. The van der Waals surface area contributed by atoms with E-state index in [-0.39, 0.29) is 5.91 Å². The predicted molar refractivity (Wildman–Crippen MR) is 151 cm³/mol. The highest BCUT2D eigenvalue weighted by molar-refractivity contribution is 7.90. The van der Waals surface area contributed by atoms with Gasteiger partial charge in [0.25, 0.3) is 5.91 Å². The van der Waals surface area contributed by atoms with Crippen molar-refractivity contribution >= 4 is 15.7 Å². The van der Waals surface area contributed by atoms with Crippen LogP contribution in [0.1, 0.15) is 54.1 Å². The van der Waals surface area contributed by atoms with Crippen molar-refractivity contribution in [1.29, 1.82) is 0 Å². The number of aryl methyl sites for hydroxylation is 1. The summed E-state index contributed by atoms with van der Waals surface area (Å²) in [5.74, 6) is -0.0256. The highest BCUT2D eigenvalue weighted by Crippen LogP contribution is 2.27. The van der Waals surface area contributed by atoms with Crippen LogP contribution < -0.4 is 5.32 Å². The van der Waals surface area contributed by atoms with Crippen molar-refractivity contribution in [2.45, 2.75) is 56.4 Å². The third kappa shape index (κ3) is 7.30. The largest absolute Gasteiger partial charge is 0.352 e. The molecule has 0 bridgehead atoms. The second kappa shape index (κ2) is 12.5. The molecule has 0 fully saturated rings. The summed E-state index contributed by atoms with van der Waals surface area (Å²) in [5, 5.41) is 3.07. The van der Waals surface area contributed by atoms with Gasteiger partial charge in [0.15, 0.2) is 9.84 Å². The van der Waals surface area contributed by atoms with Crippen LogP contribution in [0.3, 0.4) is 0 Å². The average Bonchev–Trinajstić information content (AvgIpc) is 2.91. The van der Waals surface area contributed by atoms with Gasteiger partial charge in [0, 0.05) is 24.4 Å². The van der Waals surface area contributed by atoms with E-state index in [0.29, 0.717) is 23.0 Å². The second-order valence-corrected chi connectivity index (χ2v) is 12.1. The number of hydrogen-bond acceptors (Lipinski definition) is 4. The lowest BCUT2D eigenvalue weighted by atomic mass is 9.87. The maximum absolute atomic E-state index is 12.6. The highest BCUT2D eigenvalue weighted by atomic mass is 32.2. The molecule has 0 heterocycles. The number of hydrogen-bond donors (Lipinski definition) is 1. The Bertz CT molecular complexity index is 1290. The van der Waals surface area contributed by atoms with Crippen molar-refractivity contribution in [3.8, 4) is 11.1 Å². The lowest BCUT2D eigenvalue weighted by Crippen LogP contribution is -2.40. The van der Waals surface area contributed by atoms with Crippen molar-refractivity contribution < 1.29 is 13.2 Å². The first kappa shape index (κ1) is 27.1. The molecule has 0 aromatic heterocycles. The van der Waals surface area contributed by atoms with Gasteiger partial charge in [0.2, 0.25) is 0 Å². The molecule has 196 valence electrons. The van der Waals surface area contributed by atoms with Gasteiger partial charge < -0.3 is 10.2 Å². The molecule has 1 aliphatic rings. The highest BCUT2D eigenvalue weighted by Gasteiger charge is 2.24. The SMILES string of the molecule is CCCN(CCCCNC(=O)c1ccc(-c2ccccc2)cc1)C1CCc2cc(S(C)(=O)=O)ccc2C1. The number of nitrogens with one attached hydrogen (secondary N) is 1. The van der Waals surface area contributed by atoms with E-state index >= 15 is 0 Å². The fourth-order valence-corrected chi connectivity index (χ4v) is 5.88. The molecule has 1 N–H and O–H groups in total. The number of amides is 1. The van der Waals surface area contributed by atoms with Crippen molar-refractivity contribution in [3.63, 3.8) is 0 Å². The van der Waals surface area contributed by atoms with Crippen LogP contribution in [-0.4, -0.2) is 51.2 Å². The van der Waals surface area contributed by atoms with Crippen molar-refractivity contribution in [2.75, 3.05) is 25.9 Å². The quantitative estimate of drug-likeness (QED) is 0.339. The molecule has 4 rings (SSSR count). The van der Waals surface area contributed by atoms with Gasteiger partial charge >= 0.3 is 0 Å². The summed E-state index contributed by atoms with van der Waals surface area (Å²) in [7, 11) is -3.17. The number of nitrogens with zero attached hydrogens (tertiary/aromatic N) is 1. The van der Waals surface area contributed by atoms with E-state index in [4.69, 9.17) is 0 Å². The van der Waals surface area contributed by atoms with Crippen molar-refractivity contribution in [3.05, 3.63) is 89.5 Å². The van der Waals surface area contributed by atoms with Crippen LogP contribution in [0.15, 0.2) is 77.7 Å². The first-order valence-electron chi connectivity index (χ1n) is 13.3. The molecule has 1 aliphatic carbocycles. The van der Waals surface area contributed by atoms with E-state index in [0.717, 1.165) is 62.7 Å². The summed E-state index contributed by atoms with van der Waals surface area (Å²) in [5.41, 5.74) is 5.39. The molecule has 0 spiro atoms. The minimum absolute atomic E-state index is 0.0256. The summed E-state index contributed by atoms with van der Waals surface area (Å²) >= 11 is 0. The van der Waals surface area contributed by atoms with Crippen LogP contribution in [0.5, 0.6) is 0 Å². The molecule has 1 amide bonds. The summed E-state index contributed by atoms with van der Waals surface area (Å²) in [6.07, 6.45) is 7.28. The molecule has 0 aliphatic heterocycles. The molecule has 0 saturated carbocycles. The normalized spacial score (nSPS) is 15.4. The molecule has 1 unspecified atom stereocenters. The van der Waals surface area contributed by atoms with Gasteiger partial charge in [0.05, 0.1) is 4.90 Å². The second-order valence-electron chi connectivity index (χ2n) is 10.0. The van der Waals surface area contributed by atoms with Crippen LogP contribution in [-0.2, 0) is 22.7 Å². The monoisotopic (exact) mass is 518 g/mol. The van der Waals surface area contributed by atoms with Gasteiger partial charge in [-0.05, 0) is 98.1 Å². The zero-order chi connectivity index (χ0) is 26.3. The minimum atomic E-state index is -3.17. The van der Waals surface area contributed by atoms with E-state index in [2.05, 4.69) is 29.3 Å². The molecule has 1 atom stereocenters. The lowest BCUT2D eigenvalue weighted by molar-refractivity contribution is 0.0952. The van der Waals surface area contributed by atoms with E-state index in [1.54, 1.807) is 6.07 Å². The number of carbonyl (C=O) groups excluding carboxylic acids is 1. The number of benzene rings is 3. The third-order valence-electron chi connectivity index (χ3n) is 7.25. The Morgan fingerprint density at radius 1 is 0.919 bits per heavy atom. The zero-order valence-corrected chi connectivity index (χ0v) is 22.8. The first-order valence-corrected chi connectivity index (χ1v) is 15.2. The maximum atomic E-state index is 12.6. The standard InChI is InChI=1S/C31H38N2O3S/c1-3-20-33(29-17-15-28-23-30(37(2,35)36)18-16-27(28)22-29)21-8-7-19-32-31(34)26-13-11-25(12-14-26)24-9-5-4-6-10-24/h4-6,9-14,16,18,23,29H,3,7-8,15,17,19-22H2,1-2H3,(H,32,34). The van der Waals surface area contributed by atoms with Crippen LogP contribution >= 0.6 is 0 Å². The number of rotatable bonds is 11. The van der Waals surface area contributed by atoms with Crippen molar-refractivity contribution in [2.24, 2.45) is 0 Å². The molecule has 3 aromatic carbocycles. The van der Waals surface area contributed by atoms with Crippen LogP contribution in [0, 0.1) is 0 Å². The lowest BCUT2D eigenvalue weighted by Gasteiger charge is -2.35. The number of fused-ring (bicyclic) bond motifs is 1. The molecule has 6 heteroatoms. The molecule has 5 nitrogen and oxygen atoms in total. The Morgan fingerprint density at radius 2 is 1.65 bits per heavy atom. The van der Waals surface area contributed by atoms with E-state index in [9.17, 15) is 13.2 Å². The Labute approximate surface area is 221 Å². The first-order chi connectivity index (χ1) is 17.8. The summed E-state index contributed by atoms with van der Waals surface area (Å²) in [4.78, 5) is 15.6. The van der Waals surface area contributed by atoms with E-state index in [1.165, 1.54) is 17.4 Å². The van der Waals surface area contributed by atoms with Gasteiger partial charge in [0.1, 0.15) is 0 Å². The Hall–Kier alpha value is -2.96. The van der Waals surface area contributed by atoms with Gasteiger partial charge in [-0.1, -0.05) is 55.5 Å². The van der Waals surface area contributed by atoms with Crippen molar-refractivity contribution in [1.82, 2.24) is 10.2 Å². The fraction of sp³-hybridized carbons (Fsp3) is 0.387. The van der Waals surface area contributed by atoms with Gasteiger partial charge in [-0.3, -0.25) is 4.79 Å². The minimum Gasteiger partial charge on any atom is -0.352 e. The number of unbranched alkanes of at least 4 members (excludes halogenated alkanes) is 1. The summed E-state index contributed by atoms with van der Waals surface area (Å²) in [6, 6.07) is 24.0. The number of sulfone groups is 1. The zero-order valence-electron chi connectivity index (χ0n) is 21.9. The van der Waals surface area contributed by atoms with Gasteiger partial charge in [-0.25, -0.2) is 8.42 Å². The smallest absolute Gasteiger partial charge is 0.251 e. The van der Waals surface area contributed by atoms with E-state index in [1.807, 2.05) is 54.6 Å².